The number of thioether (sulfide) groups is 1. The van der Waals surface area contributed by atoms with Gasteiger partial charge in [-0.2, -0.15) is 0 Å². The van der Waals surface area contributed by atoms with Crippen LogP contribution in [0.1, 0.15) is 28.8 Å². The largest absolute Gasteiger partial charge is 0.383 e. The molecule has 31 heavy (non-hydrogen) atoms. The van der Waals surface area contributed by atoms with E-state index in [0.717, 1.165) is 31.5 Å². The molecular weight excluding hydrogens is 434 g/mol. The Morgan fingerprint density at radius 1 is 1.16 bits per heavy atom. The van der Waals surface area contributed by atoms with E-state index in [1.807, 2.05) is 29.2 Å². The van der Waals surface area contributed by atoms with Crippen molar-refractivity contribution in [2.75, 3.05) is 26.8 Å². The van der Waals surface area contributed by atoms with E-state index >= 15 is 0 Å². The molecule has 1 saturated heterocycles. The SMILES string of the molecule is COCCn1c(SCc2ccc(C(=O)N3CCCC3)cc2)nc2cc(Cl)ccc2c1=O. The first-order valence-electron chi connectivity index (χ1n) is 10.3. The molecule has 0 radical (unpaired) electrons. The molecule has 2 aromatic carbocycles. The van der Waals surface area contributed by atoms with Gasteiger partial charge in [-0.3, -0.25) is 14.2 Å². The Morgan fingerprint density at radius 3 is 2.61 bits per heavy atom. The molecule has 0 bridgehead atoms. The van der Waals surface area contributed by atoms with Crippen molar-refractivity contribution in [2.24, 2.45) is 0 Å². The van der Waals surface area contributed by atoms with E-state index in [-0.39, 0.29) is 11.5 Å². The van der Waals surface area contributed by atoms with Gasteiger partial charge in [0, 0.05) is 36.5 Å². The van der Waals surface area contributed by atoms with Crippen LogP contribution >= 0.6 is 23.4 Å². The van der Waals surface area contributed by atoms with Crippen LogP contribution in [0.15, 0.2) is 52.4 Å². The molecule has 4 rings (SSSR count). The predicted octanol–water partition coefficient (Wildman–Crippen LogP) is 4.22. The summed E-state index contributed by atoms with van der Waals surface area (Å²) in [5, 5.41) is 1.70. The van der Waals surface area contributed by atoms with Crippen LogP contribution in [-0.2, 0) is 17.0 Å². The van der Waals surface area contributed by atoms with Gasteiger partial charge in [-0.25, -0.2) is 4.98 Å². The Bertz CT molecular complexity index is 1140. The third-order valence-electron chi connectivity index (χ3n) is 5.36. The average molecular weight is 458 g/mol. The zero-order valence-electron chi connectivity index (χ0n) is 17.3. The first-order valence-corrected chi connectivity index (χ1v) is 11.6. The normalized spacial score (nSPS) is 13.8. The van der Waals surface area contributed by atoms with Crippen molar-refractivity contribution in [1.82, 2.24) is 14.5 Å². The van der Waals surface area contributed by atoms with Gasteiger partial charge in [0.05, 0.1) is 24.1 Å². The Morgan fingerprint density at radius 2 is 1.90 bits per heavy atom. The van der Waals surface area contributed by atoms with Crippen LogP contribution in [0.5, 0.6) is 0 Å². The summed E-state index contributed by atoms with van der Waals surface area (Å²) in [5.74, 6) is 0.724. The van der Waals surface area contributed by atoms with Gasteiger partial charge >= 0.3 is 0 Å². The predicted molar refractivity (Wildman–Crippen MR) is 124 cm³/mol. The van der Waals surface area contributed by atoms with Crippen molar-refractivity contribution in [3.8, 4) is 0 Å². The number of halogens is 1. The van der Waals surface area contributed by atoms with Gasteiger partial charge in [0.15, 0.2) is 5.16 Å². The maximum Gasteiger partial charge on any atom is 0.262 e. The minimum Gasteiger partial charge on any atom is -0.383 e. The van der Waals surface area contributed by atoms with Crippen LogP contribution in [0, 0.1) is 0 Å². The highest BCUT2D eigenvalue weighted by Gasteiger charge is 2.19. The van der Waals surface area contributed by atoms with Crippen LogP contribution < -0.4 is 5.56 Å². The van der Waals surface area contributed by atoms with Gasteiger partial charge in [0.2, 0.25) is 0 Å². The highest BCUT2D eigenvalue weighted by atomic mass is 35.5. The molecule has 2 heterocycles. The van der Waals surface area contributed by atoms with E-state index in [0.29, 0.717) is 45.5 Å². The maximum absolute atomic E-state index is 13.0. The monoisotopic (exact) mass is 457 g/mol. The summed E-state index contributed by atoms with van der Waals surface area (Å²) < 4.78 is 6.82. The van der Waals surface area contributed by atoms with Gasteiger partial charge < -0.3 is 9.64 Å². The number of methoxy groups -OCH3 is 1. The third-order valence-corrected chi connectivity index (χ3v) is 6.65. The highest BCUT2D eigenvalue weighted by molar-refractivity contribution is 7.98. The van der Waals surface area contributed by atoms with E-state index < -0.39 is 0 Å². The van der Waals surface area contributed by atoms with Crippen molar-refractivity contribution < 1.29 is 9.53 Å². The standard InChI is InChI=1S/C23H24ClN3O3S/c1-30-13-12-27-22(29)19-9-8-18(24)14-20(19)25-23(27)31-15-16-4-6-17(7-5-16)21(28)26-10-2-3-11-26/h4-9,14H,2-3,10-13,15H2,1H3. The molecule has 1 aromatic heterocycles. The van der Waals surface area contributed by atoms with Gasteiger partial charge in [-0.15, -0.1) is 0 Å². The van der Waals surface area contributed by atoms with Crippen LogP contribution in [-0.4, -0.2) is 47.2 Å². The lowest BCUT2D eigenvalue weighted by atomic mass is 10.1. The number of ether oxygens (including phenoxy) is 1. The fourth-order valence-electron chi connectivity index (χ4n) is 3.66. The molecule has 0 N–H and O–H groups in total. The van der Waals surface area contributed by atoms with Gasteiger partial charge in [-0.05, 0) is 48.7 Å². The minimum absolute atomic E-state index is 0.0955. The zero-order chi connectivity index (χ0) is 21.8. The molecule has 1 fully saturated rings. The number of nitrogens with zero attached hydrogens (tertiary/aromatic N) is 3. The topological polar surface area (TPSA) is 64.4 Å². The van der Waals surface area contributed by atoms with E-state index in [1.165, 1.54) is 11.8 Å². The van der Waals surface area contributed by atoms with Crippen molar-refractivity contribution in [2.45, 2.75) is 30.3 Å². The Kier molecular flexibility index (Phi) is 6.95. The zero-order valence-corrected chi connectivity index (χ0v) is 18.9. The Balaban J connectivity index is 1.54. The number of carbonyl (C=O) groups excluding carboxylic acids is 1. The molecule has 3 aromatic rings. The molecule has 8 heteroatoms. The number of amides is 1. The number of aromatic nitrogens is 2. The summed E-state index contributed by atoms with van der Waals surface area (Å²) in [6.45, 7) is 2.52. The Hall–Kier alpha value is -2.35. The summed E-state index contributed by atoms with van der Waals surface area (Å²) in [6, 6.07) is 12.8. The summed E-state index contributed by atoms with van der Waals surface area (Å²) in [6.07, 6.45) is 2.16. The maximum atomic E-state index is 13.0. The second kappa shape index (κ2) is 9.85. The smallest absolute Gasteiger partial charge is 0.262 e. The van der Waals surface area contributed by atoms with Gasteiger partial charge in [0.1, 0.15) is 0 Å². The Labute approximate surface area is 190 Å². The van der Waals surface area contributed by atoms with E-state index in [9.17, 15) is 9.59 Å². The second-order valence-electron chi connectivity index (χ2n) is 7.49. The minimum atomic E-state index is -0.104. The quantitative estimate of drug-likeness (QED) is 0.392. The summed E-state index contributed by atoms with van der Waals surface area (Å²) in [7, 11) is 1.61. The fraction of sp³-hybridized carbons (Fsp3) is 0.348. The molecular formula is C23H24ClN3O3S. The number of rotatable bonds is 7. The molecule has 6 nitrogen and oxygen atoms in total. The molecule has 162 valence electrons. The van der Waals surface area contributed by atoms with Crippen molar-refractivity contribution in [1.29, 1.82) is 0 Å². The molecule has 0 atom stereocenters. The van der Waals surface area contributed by atoms with E-state index in [2.05, 4.69) is 4.98 Å². The number of likely N-dealkylation sites (tertiary alicyclic amines) is 1. The lowest BCUT2D eigenvalue weighted by Gasteiger charge is -2.15. The second-order valence-corrected chi connectivity index (χ2v) is 8.87. The third kappa shape index (κ3) is 4.95. The number of fused-ring (bicyclic) bond motifs is 1. The first-order chi connectivity index (χ1) is 15.1. The van der Waals surface area contributed by atoms with Gasteiger partial charge in [-0.1, -0.05) is 35.5 Å². The van der Waals surface area contributed by atoms with Crippen LogP contribution in [0.3, 0.4) is 0 Å². The number of carbonyl (C=O) groups is 1. The number of hydrogen-bond acceptors (Lipinski definition) is 5. The van der Waals surface area contributed by atoms with Crippen molar-refractivity contribution in [3.63, 3.8) is 0 Å². The molecule has 1 aliphatic rings. The molecule has 0 spiro atoms. The molecule has 0 saturated carbocycles. The summed E-state index contributed by atoms with van der Waals surface area (Å²) in [5.41, 5.74) is 2.25. The first kappa shape index (κ1) is 21.9. The summed E-state index contributed by atoms with van der Waals surface area (Å²) in [4.78, 5) is 32.1. The lowest BCUT2D eigenvalue weighted by molar-refractivity contribution is 0.0793. The van der Waals surface area contributed by atoms with Crippen LogP contribution in [0.4, 0.5) is 0 Å². The van der Waals surface area contributed by atoms with Crippen molar-refractivity contribution >= 4 is 40.2 Å². The average Bonchev–Trinajstić information content (AvgIpc) is 3.32. The number of benzene rings is 2. The van der Waals surface area contributed by atoms with Crippen LogP contribution in [0.25, 0.3) is 10.9 Å². The highest BCUT2D eigenvalue weighted by Crippen LogP contribution is 2.24. The molecule has 1 amide bonds. The van der Waals surface area contributed by atoms with Crippen molar-refractivity contribution in [3.05, 3.63) is 69.0 Å². The van der Waals surface area contributed by atoms with E-state index in [1.54, 1.807) is 29.9 Å². The lowest BCUT2D eigenvalue weighted by Crippen LogP contribution is -2.27. The van der Waals surface area contributed by atoms with Crippen LogP contribution in [0.2, 0.25) is 5.02 Å². The molecule has 0 unspecified atom stereocenters. The molecule has 1 aliphatic heterocycles. The fourth-order valence-corrected chi connectivity index (χ4v) is 4.81. The van der Waals surface area contributed by atoms with Gasteiger partial charge in [0.25, 0.3) is 11.5 Å². The molecule has 0 aliphatic carbocycles. The van der Waals surface area contributed by atoms with E-state index in [4.69, 9.17) is 16.3 Å². The summed E-state index contributed by atoms with van der Waals surface area (Å²) >= 11 is 7.58. The number of hydrogen-bond donors (Lipinski definition) is 0.